The van der Waals surface area contributed by atoms with Crippen LogP contribution in [0.4, 0.5) is 11.6 Å². The van der Waals surface area contributed by atoms with Gasteiger partial charge in [-0.3, -0.25) is 0 Å². The average Bonchev–Trinajstić information content (AvgIpc) is 3.18. The lowest BCUT2D eigenvalue weighted by atomic mass is 9.88. The number of hydrogen-bond acceptors (Lipinski definition) is 6. The first-order valence-electron chi connectivity index (χ1n) is 10.8. The molecule has 0 saturated carbocycles. The fourth-order valence-corrected chi connectivity index (χ4v) is 4.26. The van der Waals surface area contributed by atoms with Gasteiger partial charge in [-0.05, 0) is 30.9 Å². The van der Waals surface area contributed by atoms with Gasteiger partial charge in [0.25, 0.3) is 0 Å². The number of hydrogen-bond donors (Lipinski definition) is 4. The number of allylic oxidation sites excluding steroid dienone is 1. The highest BCUT2D eigenvalue weighted by Crippen LogP contribution is 2.30. The second-order valence-electron chi connectivity index (χ2n) is 8.59. The van der Waals surface area contributed by atoms with Gasteiger partial charge in [0.2, 0.25) is 0 Å². The van der Waals surface area contributed by atoms with Gasteiger partial charge in [0, 0.05) is 25.3 Å². The van der Waals surface area contributed by atoms with Crippen molar-refractivity contribution in [3.05, 3.63) is 66.0 Å². The minimum Gasteiger partial charge on any atom is -0.382 e. The van der Waals surface area contributed by atoms with Gasteiger partial charge in [-0.15, -0.1) is 0 Å². The summed E-state index contributed by atoms with van der Waals surface area (Å²) in [6.45, 7) is 16.9. The van der Waals surface area contributed by atoms with Crippen molar-refractivity contribution in [3.63, 3.8) is 0 Å². The number of likely N-dealkylation sites (tertiary alicyclic amines) is 1. The summed E-state index contributed by atoms with van der Waals surface area (Å²) in [5.74, 6) is 0.855. The largest absolute Gasteiger partial charge is 0.382 e. The van der Waals surface area contributed by atoms with Crippen LogP contribution in [0.3, 0.4) is 0 Å². The molecule has 0 bridgehead atoms. The third-order valence-electron chi connectivity index (χ3n) is 6.22. The Morgan fingerprint density at radius 2 is 1.70 bits per heavy atom. The lowest BCUT2D eigenvalue weighted by Crippen LogP contribution is -2.52. The maximum Gasteiger partial charge on any atom is 0.197 e. The molecular formula is C24H29ClN8. The molecule has 2 aromatic rings. The fourth-order valence-electron chi connectivity index (χ4n) is 4.14. The molecule has 2 aliphatic rings. The van der Waals surface area contributed by atoms with E-state index in [0.29, 0.717) is 17.4 Å². The summed E-state index contributed by atoms with van der Waals surface area (Å²) in [7, 11) is 0. The first kappa shape index (κ1) is 22.7. The molecule has 0 amide bonds. The number of aromatic nitrogens is 2. The Bertz CT molecular complexity index is 1140. The Hall–Kier alpha value is -3.52. The first-order chi connectivity index (χ1) is 15.7. The molecule has 2 aliphatic heterocycles. The molecule has 1 spiro atoms. The van der Waals surface area contributed by atoms with E-state index >= 15 is 0 Å². The number of nitrogen functional groups attached to an aromatic ring is 2. The molecule has 1 aromatic carbocycles. The van der Waals surface area contributed by atoms with Crippen molar-refractivity contribution < 1.29 is 0 Å². The normalized spacial score (nSPS) is 18.1. The van der Waals surface area contributed by atoms with E-state index in [9.17, 15) is 0 Å². The number of aliphatic imine (C=N–C) groups is 1. The number of rotatable bonds is 5. The lowest BCUT2D eigenvalue weighted by Gasteiger charge is -2.40. The van der Waals surface area contributed by atoms with E-state index in [2.05, 4.69) is 74.5 Å². The standard InChI is InChI=1S/C24H29ClN8/c1-14(2)17-5-7-18(8-6-17)16(4)33-11-9-24(10-12-33)13-28-23(32-24)29-15(3)19-21(26)31-22(27)20(25)30-19/h5-8H,1,3-4,9-13H2,2H3,(H4,26,27,31)(H2,28,29,32). The van der Waals surface area contributed by atoms with E-state index in [0.717, 1.165) is 54.9 Å². The Kier molecular flexibility index (Phi) is 6.03. The summed E-state index contributed by atoms with van der Waals surface area (Å²) in [5, 5.41) is 6.95. The number of benzene rings is 1. The molecule has 0 unspecified atom stereocenters. The molecule has 2 saturated heterocycles. The molecule has 0 atom stereocenters. The quantitative estimate of drug-likeness (QED) is 0.535. The summed E-state index contributed by atoms with van der Waals surface area (Å²) in [6.07, 6.45) is 1.90. The Morgan fingerprint density at radius 3 is 2.33 bits per heavy atom. The molecule has 6 N–H and O–H groups in total. The number of piperidine rings is 1. The van der Waals surface area contributed by atoms with Gasteiger partial charge in [0.05, 0.1) is 11.2 Å². The van der Waals surface area contributed by atoms with E-state index in [1.807, 2.05) is 6.92 Å². The van der Waals surface area contributed by atoms with E-state index in [1.54, 1.807) is 0 Å². The Morgan fingerprint density at radius 1 is 1.06 bits per heavy atom. The smallest absolute Gasteiger partial charge is 0.197 e. The van der Waals surface area contributed by atoms with Crippen LogP contribution >= 0.6 is 11.6 Å². The van der Waals surface area contributed by atoms with Gasteiger partial charge < -0.3 is 27.0 Å². The first-order valence-corrected chi connectivity index (χ1v) is 11.1. The summed E-state index contributed by atoms with van der Waals surface area (Å²) in [6, 6.07) is 8.41. The van der Waals surface area contributed by atoms with Crippen molar-refractivity contribution in [1.82, 2.24) is 25.5 Å². The number of halogens is 1. The summed E-state index contributed by atoms with van der Waals surface area (Å²) >= 11 is 5.98. The molecule has 8 nitrogen and oxygen atoms in total. The van der Waals surface area contributed by atoms with Crippen molar-refractivity contribution in [3.8, 4) is 0 Å². The number of nitrogens with zero attached hydrogens (tertiary/aromatic N) is 4. The third-order valence-corrected chi connectivity index (χ3v) is 6.49. The zero-order valence-electron chi connectivity index (χ0n) is 18.8. The summed E-state index contributed by atoms with van der Waals surface area (Å²) in [4.78, 5) is 15.0. The molecule has 2 fully saturated rings. The highest BCUT2D eigenvalue weighted by Gasteiger charge is 2.39. The van der Waals surface area contributed by atoms with Crippen LogP contribution in [0, 0.1) is 0 Å². The molecular weight excluding hydrogens is 436 g/mol. The lowest BCUT2D eigenvalue weighted by molar-refractivity contribution is 0.216. The molecule has 0 radical (unpaired) electrons. The number of guanidine groups is 1. The van der Waals surface area contributed by atoms with Crippen molar-refractivity contribution in [2.75, 3.05) is 31.1 Å². The summed E-state index contributed by atoms with van der Waals surface area (Å²) < 4.78 is 0. The molecule has 3 heterocycles. The van der Waals surface area contributed by atoms with Crippen LogP contribution in [0.1, 0.15) is 36.6 Å². The minimum atomic E-state index is -0.0737. The predicted molar refractivity (Wildman–Crippen MR) is 137 cm³/mol. The maximum atomic E-state index is 5.98. The van der Waals surface area contributed by atoms with E-state index in [1.165, 1.54) is 0 Å². The van der Waals surface area contributed by atoms with Crippen LogP contribution in [0.15, 0.2) is 49.0 Å². The number of nitrogens with one attached hydrogen (secondary N) is 2. The van der Waals surface area contributed by atoms with Gasteiger partial charge in [-0.2, -0.15) is 0 Å². The Labute approximate surface area is 199 Å². The van der Waals surface area contributed by atoms with Crippen molar-refractivity contribution in [2.24, 2.45) is 4.99 Å². The molecule has 9 heteroatoms. The predicted octanol–water partition coefficient (Wildman–Crippen LogP) is 3.35. The topological polar surface area (TPSA) is 117 Å². The molecule has 33 heavy (non-hydrogen) atoms. The molecule has 1 aromatic heterocycles. The number of nitrogens with two attached hydrogens (primary N) is 2. The zero-order chi connectivity index (χ0) is 23.8. The van der Waals surface area contributed by atoms with E-state index < -0.39 is 0 Å². The number of anilines is 2. The minimum absolute atomic E-state index is 0.0737. The van der Waals surface area contributed by atoms with Crippen LogP contribution in [0.25, 0.3) is 17.0 Å². The second kappa shape index (κ2) is 8.78. The third kappa shape index (κ3) is 4.66. The van der Waals surface area contributed by atoms with Crippen molar-refractivity contribution >= 4 is 46.2 Å². The second-order valence-corrected chi connectivity index (χ2v) is 8.95. The van der Waals surface area contributed by atoms with Gasteiger partial charge in [-0.25, -0.2) is 15.0 Å². The van der Waals surface area contributed by atoms with Crippen molar-refractivity contribution in [1.29, 1.82) is 0 Å². The van der Waals surface area contributed by atoms with Gasteiger partial charge >= 0.3 is 0 Å². The maximum absolute atomic E-state index is 5.98. The van der Waals surface area contributed by atoms with Crippen LogP contribution in [-0.2, 0) is 0 Å². The molecule has 4 rings (SSSR count). The highest BCUT2D eigenvalue weighted by atomic mass is 35.5. The van der Waals surface area contributed by atoms with Crippen LogP contribution in [-0.4, -0.2) is 46.0 Å². The van der Waals surface area contributed by atoms with Gasteiger partial charge in [0.15, 0.2) is 22.7 Å². The molecule has 172 valence electrons. The Balaban J connectivity index is 1.38. The highest BCUT2D eigenvalue weighted by molar-refractivity contribution is 6.31. The van der Waals surface area contributed by atoms with Crippen LogP contribution < -0.4 is 22.1 Å². The summed E-state index contributed by atoms with van der Waals surface area (Å²) in [5.41, 5.74) is 16.5. The van der Waals surface area contributed by atoms with Crippen LogP contribution in [0.2, 0.25) is 5.15 Å². The zero-order valence-corrected chi connectivity index (χ0v) is 19.5. The fraction of sp³-hybridized carbons (Fsp3) is 0.292. The average molecular weight is 465 g/mol. The monoisotopic (exact) mass is 464 g/mol. The molecule has 0 aliphatic carbocycles. The van der Waals surface area contributed by atoms with E-state index in [4.69, 9.17) is 23.1 Å². The van der Waals surface area contributed by atoms with E-state index in [-0.39, 0.29) is 22.3 Å². The van der Waals surface area contributed by atoms with Gasteiger partial charge in [0.1, 0.15) is 5.69 Å². The SMILES string of the molecule is C=C(C)c1ccc(C(=C)N2CCC3(CC2)CN/C(=N\C(=C)c2nc(Cl)c(N)nc2N)N3)cc1. The van der Waals surface area contributed by atoms with Crippen LogP contribution in [0.5, 0.6) is 0 Å². The van der Waals surface area contributed by atoms with Crippen molar-refractivity contribution in [2.45, 2.75) is 25.3 Å². The van der Waals surface area contributed by atoms with Gasteiger partial charge in [-0.1, -0.05) is 61.2 Å².